The molecule has 0 heterocycles. The van der Waals surface area contributed by atoms with Crippen LogP contribution < -0.4 is 0 Å². The van der Waals surface area contributed by atoms with Gasteiger partial charge in [-0.05, 0) is 77.8 Å². The van der Waals surface area contributed by atoms with Crippen LogP contribution in [0, 0.1) is 0 Å². The summed E-state index contributed by atoms with van der Waals surface area (Å²) in [6.07, 6.45) is 0. The first-order chi connectivity index (χ1) is 17.9. The second-order valence-corrected chi connectivity index (χ2v) is 9.35. The molecule has 0 nitrogen and oxygen atoms in total. The molecule has 0 aliphatic heterocycles. The van der Waals surface area contributed by atoms with Crippen LogP contribution in [0.4, 0.5) is 0 Å². The van der Waals surface area contributed by atoms with Crippen LogP contribution in [0.2, 0.25) is 0 Å². The molecule has 0 saturated carbocycles. The highest BCUT2D eigenvalue weighted by atomic mass is 14.2. The van der Waals surface area contributed by atoms with Crippen molar-refractivity contribution in [3.8, 4) is 33.4 Å². The van der Waals surface area contributed by atoms with Gasteiger partial charge in [0.05, 0.1) is 0 Å². The zero-order valence-electron chi connectivity index (χ0n) is 19.9. The molecule has 0 amide bonds. The molecule has 36 heavy (non-hydrogen) atoms. The molecule has 7 aromatic carbocycles. The minimum absolute atomic E-state index is 1.25. The van der Waals surface area contributed by atoms with Gasteiger partial charge in [0.25, 0.3) is 0 Å². The average Bonchev–Trinajstić information content (AvgIpc) is 2.96. The van der Waals surface area contributed by atoms with Crippen LogP contribution in [0.15, 0.2) is 146 Å². The van der Waals surface area contributed by atoms with Gasteiger partial charge in [-0.25, -0.2) is 0 Å². The highest BCUT2D eigenvalue weighted by Gasteiger charge is 2.16. The van der Waals surface area contributed by atoms with Gasteiger partial charge in [-0.1, -0.05) is 133 Å². The van der Waals surface area contributed by atoms with Gasteiger partial charge < -0.3 is 0 Å². The highest BCUT2D eigenvalue weighted by Crippen LogP contribution is 2.44. The molecule has 0 aromatic heterocycles. The largest absolute Gasteiger partial charge is 0.0622 e. The number of hydrogen-bond donors (Lipinski definition) is 0. The maximum absolute atomic E-state index is 2.35. The van der Waals surface area contributed by atoms with Gasteiger partial charge in [-0.3, -0.25) is 0 Å². The molecule has 0 atom stereocenters. The fraction of sp³-hybridized carbons (Fsp3) is 0. The molecule has 168 valence electrons. The van der Waals surface area contributed by atoms with E-state index in [4.69, 9.17) is 0 Å². The maximum Gasteiger partial charge on any atom is -0.00262 e. The maximum atomic E-state index is 2.35. The molecule has 0 spiro atoms. The summed E-state index contributed by atoms with van der Waals surface area (Å²) in [5.41, 5.74) is 7.61. The molecular weight excluding hydrogens is 432 g/mol. The van der Waals surface area contributed by atoms with Gasteiger partial charge in [0.1, 0.15) is 0 Å². The van der Waals surface area contributed by atoms with Crippen LogP contribution in [-0.2, 0) is 0 Å². The van der Waals surface area contributed by atoms with Crippen molar-refractivity contribution in [2.24, 2.45) is 0 Å². The van der Waals surface area contributed by atoms with E-state index in [1.807, 2.05) is 0 Å². The minimum Gasteiger partial charge on any atom is -0.0622 e. The van der Waals surface area contributed by atoms with Crippen molar-refractivity contribution in [2.75, 3.05) is 0 Å². The third-order valence-electron chi connectivity index (χ3n) is 7.23. The molecule has 0 aliphatic rings. The van der Waals surface area contributed by atoms with Gasteiger partial charge >= 0.3 is 0 Å². The SMILES string of the molecule is c1ccc(-c2ccc3cc(-c4c5ccccc5c(-c5ccccc5)c5ccccc45)ccc3c2)cc1. The van der Waals surface area contributed by atoms with E-state index in [9.17, 15) is 0 Å². The quantitative estimate of drug-likeness (QED) is 0.232. The summed E-state index contributed by atoms with van der Waals surface area (Å²) < 4.78 is 0. The number of rotatable bonds is 3. The standard InChI is InChI=1S/C36H24/c1-3-11-25(12-4-1)27-19-20-29-24-30(22-21-28(29)23-27)36-33-17-9-7-15-31(33)35(26-13-5-2-6-14-26)32-16-8-10-18-34(32)36/h1-24H. The summed E-state index contributed by atoms with van der Waals surface area (Å²) in [4.78, 5) is 0. The van der Waals surface area contributed by atoms with Crippen LogP contribution in [0.1, 0.15) is 0 Å². The number of hydrogen-bond acceptors (Lipinski definition) is 0. The van der Waals surface area contributed by atoms with E-state index in [1.165, 1.54) is 65.7 Å². The summed E-state index contributed by atoms with van der Waals surface area (Å²) in [5.74, 6) is 0. The molecule has 0 bridgehead atoms. The normalized spacial score (nSPS) is 11.3. The predicted molar refractivity (Wildman–Crippen MR) is 155 cm³/mol. The molecule has 7 aromatic rings. The van der Waals surface area contributed by atoms with Crippen molar-refractivity contribution in [1.29, 1.82) is 0 Å². The van der Waals surface area contributed by atoms with Crippen LogP contribution in [0.25, 0.3) is 65.7 Å². The van der Waals surface area contributed by atoms with Crippen LogP contribution in [-0.4, -0.2) is 0 Å². The van der Waals surface area contributed by atoms with E-state index >= 15 is 0 Å². The van der Waals surface area contributed by atoms with E-state index in [0.29, 0.717) is 0 Å². The zero-order chi connectivity index (χ0) is 23.9. The Morgan fingerprint density at radius 1 is 0.250 bits per heavy atom. The van der Waals surface area contributed by atoms with Crippen molar-refractivity contribution >= 4 is 32.3 Å². The molecular formula is C36H24. The topological polar surface area (TPSA) is 0 Å². The first kappa shape index (κ1) is 20.7. The monoisotopic (exact) mass is 456 g/mol. The first-order valence-electron chi connectivity index (χ1n) is 12.5. The highest BCUT2D eigenvalue weighted by molar-refractivity contribution is 6.21. The average molecular weight is 457 g/mol. The fourth-order valence-electron chi connectivity index (χ4n) is 5.57. The Bertz CT molecular complexity index is 1810. The Kier molecular flexibility index (Phi) is 4.89. The van der Waals surface area contributed by atoms with Crippen molar-refractivity contribution in [3.05, 3.63) is 146 Å². The second-order valence-electron chi connectivity index (χ2n) is 9.35. The molecule has 7 rings (SSSR count). The van der Waals surface area contributed by atoms with Crippen LogP contribution in [0.3, 0.4) is 0 Å². The summed E-state index contributed by atoms with van der Waals surface area (Å²) in [6, 6.07) is 52.7. The summed E-state index contributed by atoms with van der Waals surface area (Å²) in [7, 11) is 0. The third-order valence-corrected chi connectivity index (χ3v) is 7.23. The smallest absolute Gasteiger partial charge is 0.00262 e. The van der Waals surface area contributed by atoms with Gasteiger partial charge in [-0.2, -0.15) is 0 Å². The van der Waals surface area contributed by atoms with E-state index in [0.717, 1.165) is 0 Å². The lowest BCUT2D eigenvalue weighted by Crippen LogP contribution is -1.90. The zero-order valence-corrected chi connectivity index (χ0v) is 19.9. The lowest BCUT2D eigenvalue weighted by Gasteiger charge is -2.18. The van der Waals surface area contributed by atoms with E-state index in [-0.39, 0.29) is 0 Å². The Morgan fingerprint density at radius 2 is 0.639 bits per heavy atom. The molecule has 0 radical (unpaired) electrons. The Balaban J connectivity index is 1.49. The van der Waals surface area contributed by atoms with Crippen molar-refractivity contribution in [3.63, 3.8) is 0 Å². The number of fused-ring (bicyclic) bond motifs is 3. The lowest BCUT2D eigenvalue weighted by atomic mass is 9.85. The predicted octanol–water partition coefficient (Wildman–Crippen LogP) is 10.1. The first-order valence-corrected chi connectivity index (χ1v) is 12.5. The van der Waals surface area contributed by atoms with E-state index < -0.39 is 0 Å². The van der Waals surface area contributed by atoms with Gasteiger partial charge in [0.15, 0.2) is 0 Å². The molecule has 0 saturated heterocycles. The summed E-state index contributed by atoms with van der Waals surface area (Å²) in [6.45, 7) is 0. The summed E-state index contributed by atoms with van der Waals surface area (Å²) >= 11 is 0. The fourth-order valence-corrected chi connectivity index (χ4v) is 5.57. The van der Waals surface area contributed by atoms with Crippen molar-refractivity contribution in [2.45, 2.75) is 0 Å². The Hall–Kier alpha value is -4.68. The Labute approximate surface area is 211 Å². The van der Waals surface area contributed by atoms with E-state index in [1.54, 1.807) is 0 Å². The molecule has 0 N–H and O–H groups in total. The van der Waals surface area contributed by atoms with Crippen LogP contribution >= 0.6 is 0 Å². The van der Waals surface area contributed by atoms with Crippen LogP contribution in [0.5, 0.6) is 0 Å². The Morgan fingerprint density at radius 3 is 1.17 bits per heavy atom. The van der Waals surface area contributed by atoms with Crippen molar-refractivity contribution in [1.82, 2.24) is 0 Å². The molecule has 0 aliphatic carbocycles. The second kappa shape index (κ2) is 8.52. The molecule has 0 heteroatoms. The number of benzene rings is 7. The van der Waals surface area contributed by atoms with Gasteiger partial charge in [-0.15, -0.1) is 0 Å². The minimum atomic E-state index is 1.25. The van der Waals surface area contributed by atoms with Crippen molar-refractivity contribution < 1.29 is 0 Å². The molecule has 0 fully saturated rings. The lowest BCUT2D eigenvalue weighted by molar-refractivity contribution is 1.64. The molecule has 0 unspecified atom stereocenters. The van der Waals surface area contributed by atoms with Gasteiger partial charge in [0, 0.05) is 0 Å². The van der Waals surface area contributed by atoms with E-state index in [2.05, 4.69) is 146 Å². The third kappa shape index (κ3) is 3.39. The van der Waals surface area contributed by atoms with Gasteiger partial charge in [0.2, 0.25) is 0 Å². The summed E-state index contributed by atoms with van der Waals surface area (Å²) in [5, 5.41) is 7.67.